The van der Waals surface area contributed by atoms with E-state index < -0.39 is 0 Å². The molecule has 1 N–H and O–H groups in total. The molecule has 0 aromatic carbocycles. The first-order valence-electron chi connectivity index (χ1n) is 6.37. The minimum absolute atomic E-state index is 0.0361. The highest BCUT2D eigenvalue weighted by Crippen LogP contribution is 2.36. The van der Waals surface area contributed by atoms with E-state index in [-0.39, 0.29) is 5.72 Å². The predicted molar refractivity (Wildman–Crippen MR) is 61.3 cm³/mol. The van der Waals surface area contributed by atoms with E-state index in [2.05, 4.69) is 17.3 Å². The third-order valence-electron chi connectivity index (χ3n) is 4.27. The molecule has 0 bridgehead atoms. The van der Waals surface area contributed by atoms with Crippen molar-refractivity contribution in [2.24, 2.45) is 5.41 Å². The van der Waals surface area contributed by atoms with Gasteiger partial charge in [-0.2, -0.15) is 0 Å². The molecule has 92 valence electrons. The van der Waals surface area contributed by atoms with E-state index in [9.17, 15) is 0 Å². The maximum atomic E-state index is 6.17. The summed E-state index contributed by atoms with van der Waals surface area (Å²) in [4.78, 5) is 2.40. The van der Waals surface area contributed by atoms with Crippen molar-refractivity contribution in [3.05, 3.63) is 0 Å². The number of hydrogen-bond donors (Lipinski definition) is 1. The highest BCUT2D eigenvalue weighted by atomic mass is 16.5. The third-order valence-corrected chi connectivity index (χ3v) is 4.27. The standard InChI is InChI=1S/C12H22N2O2/c1-14-5-2-3-12(4-6-14)13-7-11(10-16-12)8-15-9-11/h13H,2-10H2,1H3. The maximum absolute atomic E-state index is 6.17. The lowest BCUT2D eigenvalue weighted by atomic mass is 9.84. The molecule has 4 nitrogen and oxygen atoms in total. The molecular formula is C12H22N2O2. The quantitative estimate of drug-likeness (QED) is 0.649. The summed E-state index contributed by atoms with van der Waals surface area (Å²) in [7, 11) is 2.20. The van der Waals surface area contributed by atoms with Crippen LogP contribution in [0.1, 0.15) is 19.3 Å². The molecule has 0 aromatic rings. The maximum Gasteiger partial charge on any atom is 0.120 e. The molecule has 3 rings (SSSR count). The lowest BCUT2D eigenvalue weighted by Gasteiger charge is -2.50. The first kappa shape index (κ1) is 11.0. The van der Waals surface area contributed by atoms with Crippen molar-refractivity contribution in [2.75, 3.05) is 46.5 Å². The summed E-state index contributed by atoms with van der Waals surface area (Å²) in [5, 5.41) is 3.66. The van der Waals surface area contributed by atoms with E-state index in [0.29, 0.717) is 5.41 Å². The van der Waals surface area contributed by atoms with Crippen LogP contribution in [-0.2, 0) is 9.47 Å². The number of rotatable bonds is 0. The number of hydrogen-bond acceptors (Lipinski definition) is 4. The van der Waals surface area contributed by atoms with Crippen LogP contribution in [0, 0.1) is 5.41 Å². The Labute approximate surface area is 97.3 Å². The number of ether oxygens (including phenoxy) is 2. The molecule has 0 radical (unpaired) electrons. The largest absolute Gasteiger partial charge is 0.380 e. The average Bonchev–Trinajstić information content (AvgIpc) is 2.42. The van der Waals surface area contributed by atoms with Crippen LogP contribution >= 0.6 is 0 Å². The molecule has 2 spiro atoms. The Hall–Kier alpha value is -0.160. The van der Waals surface area contributed by atoms with E-state index in [1.54, 1.807) is 0 Å². The Balaban J connectivity index is 1.62. The van der Waals surface area contributed by atoms with Crippen LogP contribution in [0.15, 0.2) is 0 Å². The van der Waals surface area contributed by atoms with Gasteiger partial charge in [-0.15, -0.1) is 0 Å². The lowest BCUT2D eigenvalue weighted by molar-refractivity contribution is -0.224. The van der Waals surface area contributed by atoms with Crippen LogP contribution in [0.3, 0.4) is 0 Å². The van der Waals surface area contributed by atoms with Crippen LogP contribution < -0.4 is 5.32 Å². The molecule has 0 amide bonds. The third kappa shape index (κ3) is 1.88. The normalized spacial score (nSPS) is 39.6. The lowest BCUT2D eigenvalue weighted by Crippen LogP contribution is -2.64. The van der Waals surface area contributed by atoms with Gasteiger partial charge in [-0.25, -0.2) is 0 Å². The van der Waals surface area contributed by atoms with E-state index >= 15 is 0 Å². The van der Waals surface area contributed by atoms with Gasteiger partial charge in [0.25, 0.3) is 0 Å². The van der Waals surface area contributed by atoms with Crippen molar-refractivity contribution >= 4 is 0 Å². The Kier molecular flexibility index (Phi) is 2.70. The highest BCUT2D eigenvalue weighted by molar-refractivity contribution is 4.96. The molecular weight excluding hydrogens is 204 g/mol. The summed E-state index contributed by atoms with van der Waals surface area (Å²) in [6, 6.07) is 0. The van der Waals surface area contributed by atoms with Gasteiger partial charge in [-0.3, -0.25) is 5.32 Å². The Morgan fingerprint density at radius 1 is 1.12 bits per heavy atom. The van der Waals surface area contributed by atoms with Crippen LogP contribution in [0.4, 0.5) is 0 Å². The average molecular weight is 226 g/mol. The summed E-state index contributed by atoms with van der Waals surface area (Å²) in [5.41, 5.74) is 0.259. The van der Waals surface area contributed by atoms with Crippen LogP contribution in [-0.4, -0.2) is 57.1 Å². The second-order valence-electron chi connectivity index (χ2n) is 5.79. The van der Waals surface area contributed by atoms with Crippen molar-refractivity contribution in [3.8, 4) is 0 Å². The van der Waals surface area contributed by atoms with E-state index in [4.69, 9.17) is 9.47 Å². The van der Waals surface area contributed by atoms with Gasteiger partial charge in [0.05, 0.1) is 25.2 Å². The predicted octanol–water partition coefficient (Wildman–Crippen LogP) is 0.435. The molecule has 3 heterocycles. The van der Waals surface area contributed by atoms with Crippen molar-refractivity contribution in [1.29, 1.82) is 0 Å². The topological polar surface area (TPSA) is 33.7 Å². The minimum Gasteiger partial charge on any atom is -0.380 e. The Morgan fingerprint density at radius 2 is 2.00 bits per heavy atom. The molecule has 1 atom stereocenters. The zero-order chi connectivity index (χ0) is 11.1. The SMILES string of the molecule is CN1CCCC2(CC1)NCC1(COC1)CO2. The van der Waals surface area contributed by atoms with Gasteiger partial charge < -0.3 is 14.4 Å². The fraction of sp³-hybridized carbons (Fsp3) is 1.00. The number of nitrogens with zero attached hydrogens (tertiary/aromatic N) is 1. The molecule has 3 aliphatic heterocycles. The second kappa shape index (κ2) is 3.95. The zero-order valence-electron chi connectivity index (χ0n) is 10.1. The van der Waals surface area contributed by atoms with Gasteiger partial charge in [0, 0.05) is 19.5 Å². The molecule has 3 aliphatic rings. The summed E-state index contributed by atoms with van der Waals surface area (Å²) >= 11 is 0. The molecule has 3 fully saturated rings. The highest BCUT2D eigenvalue weighted by Gasteiger charge is 2.47. The molecule has 0 aromatic heterocycles. The first-order valence-corrected chi connectivity index (χ1v) is 6.37. The van der Waals surface area contributed by atoms with Gasteiger partial charge in [0.2, 0.25) is 0 Å². The van der Waals surface area contributed by atoms with Crippen LogP contribution in [0.5, 0.6) is 0 Å². The van der Waals surface area contributed by atoms with Crippen LogP contribution in [0.2, 0.25) is 0 Å². The van der Waals surface area contributed by atoms with Gasteiger partial charge >= 0.3 is 0 Å². The fourth-order valence-corrected chi connectivity index (χ4v) is 2.88. The fourth-order valence-electron chi connectivity index (χ4n) is 2.88. The van der Waals surface area contributed by atoms with Gasteiger partial charge in [-0.1, -0.05) is 0 Å². The van der Waals surface area contributed by atoms with Crippen molar-refractivity contribution in [1.82, 2.24) is 10.2 Å². The van der Waals surface area contributed by atoms with Crippen molar-refractivity contribution in [3.63, 3.8) is 0 Å². The van der Waals surface area contributed by atoms with Crippen molar-refractivity contribution in [2.45, 2.75) is 25.0 Å². The summed E-state index contributed by atoms with van der Waals surface area (Å²) in [6.07, 6.45) is 3.49. The summed E-state index contributed by atoms with van der Waals surface area (Å²) < 4.78 is 11.5. The van der Waals surface area contributed by atoms with Gasteiger partial charge in [-0.05, 0) is 26.4 Å². The van der Waals surface area contributed by atoms with E-state index in [1.807, 2.05) is 0 Å². The monoisotopic (exact) mass is 226 g/mol. The van der Waals surface area contributed by atoms with Crippen LogP contribution in [0.25, 0.3) is 0 Å². The van der Waals surface area contributed by atoms with E-state index in [1.165, 1.54) is 13.0 Å². The Morgan fingerprint density at radius 3 is 2.62 bits per heavy atom. The smallest absolute Gasteiger partial charge is 0.120 e. The van der Waals surface area contributed by atoms with Gasteiger partial charge in [0.15, 0.2) is 0 Å². The molecule has 4 heteroatoms. The summed E-state index contributed by atoms with van der Waals surface area (Å²) in [5.74, 6) is 0. The molecule has 3 saturated heterocycles. The van der Waals surface area contributed by atoms with Crippen molar-refractivity contribution < 1.29 is 9.47 Å². The molecule has 0 aliphatic carbocycles. The van der Waals surface area contributed by atoms with Gasteiger partial charge in [0.1, 0.15) is 5.72 Å². The molecule has 0 saturated carbocycles. The number of likely N-dealkylation sites (tertiary alicyclic amines) is 1. The van der Waals surface area contributed by atoms with E-state index in [0.717, 1.165) is 45.8 Å². The molecule has 16 heavy (non-hydrogen) atoms. The number of nitrogens with one attached hydrogen (secondary N) is 1. The first-order chi connectivity index (χ1) is 7.72. The molecule has 1 unspecified atom stereocenters. The second-order valence-corrected chi connectivity index (χ2v) is 5.79. The minimum atomic E-state index is -0.0361. The summed E-state index contributed by atoms with van der Waals surface area (Å²) in [6.45, 7) is 6.02. The zero-order valence-corrected chi connectivity index (χ0v) is 10.1. The Bertz CT molecular complexity index is 256.